The smallest absolute Gasteiger partial charge is 0.336 e. The van der Waals surface area contributed by atoms with Crippen LogP contribution in [0.1, 0.15) is 28.5 Å². The number of likely N-dealkylation sites (N-methyl/N-ethyl adjacent to an activating group) is 1. The number of benzene rings is 1. The van der Waals surface area contributed by atoms with E-state index >= 15 is 0 Å². The van der Waals surface area contributed by atoms with Crippen molar-refractivity contribution in [3.63, 3.8) is 0 Å². The van der Waals surface area contributed by atoms with Gasteiger partial charge in [0.05, 0.1) is 20.4 Å². The maximum absolute atomic E-state index is 11.9. The van der Waals surface area contributed by atoms with Gasteiger partial charge in [0.25, 0.3) is 0 Å². The Bertz CT molecular complexity index is 911. The van der Waals surface area contributed by atoms with Gasteiger partial charge in [-0.25, -0.2) is 4.79 Å². The first-order valence-electron chi connectivity index (χ1n) is 8.65. The molecule has 5 nitrogen and oxygen atoms in total. The molecule has 3 rings (SSSR count). The lowest BCUT2D eigenvalue weighted by molar-refractivity contribution is -0.911. The molecule has 0 bridgehead atoms. The Hall–Kier alpha value is -2.37. The average molecular weight is 342 g/mol. The molecular weight excluding hydrogens is 316 g/mol. The minimum atomic E-state index is -0.292. The van der Waals surface area contributed by atoms with Gasteiger partial charge in [0.1, 0.15) is 18.7 Å². The third kappa shape index (κ3) is 3.83. The monoisotopic (exact) mass is 342 g/mol. The zero-order valence-electron chi connectivity index (χ0n) is 15.3. The summed E-state index contributed by atoms with van der Waals surface area (Å²) in [6.45, 7) is 5.72. The van der Waals surface area contributed by atoms with Gasteiger partial charge in [-0.1, -0.05) is 0 Å². The molecule has 0 aliphatic heterocycles. The summed E-state index contributed by atoms with van der Waals surface area (Å²) >= 11 is 0. The number of hydrogen-bond donors (Lipinski definition) is 2. The lowest BCUT2D eigenvalue weighted by atomic mass is 10.0. The fraction of sp³-hybridized carbons (Fsp3) is 0.350. The topological polar surface area (TPSA) is 64.4 Å². The molecule has 132 valence electrons. The van der Waals surface area contributed by atoms with Crippen LogP contribution in [-0.4, -0.2) is 20.6 Å². The lowest BCUT2D eigenvalue weighted by Gasteiger charge is -2.18. The van der Waals surface area contributed by atoms with E-state index in [2.05, 4.69) is 32.4 Å². The maximum Gasteiger partial charge on any atom is 0.336 e. The van der Waals surface area contributed by atoms with Crippen LogP contribution < -0.4 is 15.8 Å². The van der Waals surface area contributed by atoms with Gasteiger partial charge in [-0.05, 0) is 49.2 Å². The Kier molecular flexibility index (Phi) is 5.06. The number of rotatable bonds is 6. The van der Waals surface area contributed by atoms with Crippen molar-refractivity contribution < 1.29 is 19.1 Å². The number of hydrogen-bond acceptors (Lipinski definition) is 3. The van der Waals surface area contributed by atoms with Gasteiger partial charge in [-0.15, -0.1) is 0 Å². The second-order valence-corrected chi connectivity index (χ2v) is 6.90. The third-order valence-corrected chi connectivity index (χ3v) is 4.79. The standard InChI is InChI=1S/C20H24N2O3/c1-13-8-16-15(10-20(23)25-19(16)9-14(13)2)11-21-12-17(22(3)4)18-6-5-7-24-18/h5-10,17,21H,11-12H2,1-4H3/p+2/t17-/m1/s1. The Labute approximate surface area is 147 Å². The van der Waals surface area contributed by atoms with Crippen LogP contribution in [0.2, 0.25) is 0 Å². The highest BCUT2D eigenvalue weighted by atomic mass is 16.4. The molecular formula is C20H26N2O3+2. The van der Waals surface area contributed by atoms with Gasteiger partial charge in [0.2, 0.25) is 0 Å². The van der Waals surface area contributed by atoms with Crippen LogP contribution in [-0.2, 0) is 6.54 Å². The normalized spacial score (nSPS) is 12.8. The summed E-state index contributed by atoms with van der Waals surface area (Å²) in [4.78, 5) is 13.2. The lowest BCUT2D eigenvalue weighted by Crippen LogP contribution is -3.09. The molecule has 3 aromatic rings. The molecule has 0 amide bonds. The molecule has 2 aromatic heterocycles. The molecule has 3 N–H and O–H groups in total. The highest BCUT2D eigenvalue weighted by Crippen LogP contribution is 2.21. The molecule has 0 unspecified atom stereocenters. The minimum Gasteiger partial charge on any atom is -0.463 e. The van der Waals surface area contributed by atoms with E-state index in [9.17, 15) is 4.79 Å². The van der Waals surface area contributed by atoms with Gasteiger partial charge in [-0.3, -0.25) is 0 Å². The Balaban J connectivity index is 1.81. The number of fused-ring (bicyclic) bond motifs is 1. The summed E-state index contributed by atoms with van der Waals surface area (Å²) in [7, 11) is 4.25. The SMILES string of the molecule is Cc1cc2oc(=O)cc(C[NH2+]C[C@H](c3ccco3)[NH+](C)C)c2cc1C. The number of furan rings is 1. The maximum atomic E-state index is 11.9. The van der Waals surface area contributed by atoms with Crippen LogP contribution in [0.25, 0.3) is 11.0 Å². The third-order valence-electron chi connectivity index (χ3n) is 4.79. The molecule has 0 radical (unpaired) electrons. The summed E-state index contributed by atoms with van der Waals surface area (Å²) in [5, 5.41) is 3.24. The molecule has 25 heavy (non-hydrogen) atoms. The minimum absolute atomic E-state index is 0.269. The van der Waals surface area contributed by atoms with Crippen molar-refractivity contribution in [3.05, 3.63) is 69.5 Å². The van der Waals surface area contributed by atoms with E-state index in [1.165, 1.54) is 10.5 Å². The summed E-state index contributed by atoms with van der Waals surface area (Å²) in [5.74, 6) is 0.986. The predicted octanol–water partition coefficient (Wildman–Crippen LogP) is 0.952. The molecule has 0 saturated heterocycles. The van der Waals surface area contributed by atoms with E-state index in [1.807, 2.05) is 25.1 Å². The summed E-state index contributed by atoms with van der Waals surface area (Å²) in [6.07, 6.45) is 1.71. The van der Waals surface area contributed by atoms with Crippen molar-refractivity contribution in [2.75, 3.05) is 20.6 Å². The van der Waals surface area contributed by atoms with E-state index in [1.54, 1.807) is 12.3 Å². The van der Waals surface area contributed by atoms with Crippen molar-refractivity contribution in [1.29, 1.82) is 0 Å². The molecule has 0 aliphatic rings. The zero-order chi connectivity index (χ0) is 18.0. The Morgan fingerprint density at radius 1 is 1.16 bits per heavy atom. The van der Waals surface area contributed by atoms with Crippen molar-refractivity contribution in [2.45, 2.75) is 26.4 Å². The summed E-state index contributed by atoms with van der Waals surface area (Å²) in [5.41, 5.74) is 3.72. The largest absolute Gasteiger partial charge is 0.463 e. The second kappa shape index (κ2) is 7.25. The molecule has 1 atom stereocenters. The summed E-state index contributed by atoms with van der Waals surface area (Å²) in [6, 6.07) is 9.88. The highest BCUT2D eigenvalue weighted by molar-refractivity contribution is 5.81. The van der Waals surface area contributed by atoms with Crippen LogP contribution in [0.15, 0.2) is 50.2 Å². The van der Waals surface area contributed by atoms with Gasteiger partial charge < -0.3 is 19.1 Å². The number of aryl methyl sites for hydroxylation is 2. The van der Waals surface area contributed by atoms with Crippen molar-refractivity contribution in [3.8, 4) is 0 Å². The number of quaternary nitrogens is 2. The zero-order valence-corrected chi connectivity index (χ0v) is 15.3. The molecule has 0 fully saturated rings. The van der Waals surface area contributed by atoms with Crippen molar-refractivity contribution >= 4 is 11.0 Å². The van der Waals surface area contributed by atoms with Gasteiger partial charge >= 0.3 is 5.63 Å². The fourth-order valence-electron chi connectivity index (χ4n) is 3.18. The van der Waals surface area contributed by atoms with Gasteiger partial charge in [0, 0.05) is 17.0 Å². The summed E-state index contributed by atoms with van der Waals surface area (Å²) < 4.78 is 10.9. The van der Waals surface area contributed by atoms with Crippen LogP contribution >= 0.6 is 0 Å². The first-order valence-corrected chi connectivity index (χ1v) is 8.65. The quantitative estimate of drug-likeness (QED) is 0.656. The van der Waals surface area contributed by atoms with E-state index in [0.29, 0.717) is 5.58 Å². The molecule has 0 aliphatic carbocycles. The van der Waals surface area contributed by atoms with Crippen LogP contribution in [0.3, 0.4) is 0 Å². The number of nitrogens with one attached hydrogen (secondary N) is 1. The van der Waals surface area contributed by atoms with E-state index in [-0.39, 0.29) is 11.7 Å². The highest BCUT2D eigenvalue weighted by Gasteiger charge is 2.22. The second-order valence-electron chi connectivity index (χ2n) is 6.90. The number of nitrogens with two attached hydrogens (primary N) is 1. The molecule has 0 spiro atoms. The molecule has 1 aromatic carbocycles. The Morgan fingerprint density at radius 3 is 2.60 bits per heavy atom. The first kappa shape index (κ1) is 17.5. The average Bonchev–Trinajstić information content (AvgIpc) is 3.06. The molecule has 5 heteroatoms. The Morgan fingerprint density at radius 2 is 1.92 bits per heavy atom. The van der Waals surface area contributed by atoms with Crippen molar-refractivity contribution in [1.82, 2.24) is 0 Å². The van der Waals surface area contributed by atoms with Gasteiger partial charge in [-0.2, -0.15) is 0 Å². The van der Waals surface area contributed by atoms with E-state index < -0.39 is 0 Å². The van der Waals surface area contributed by atoms with Crippen LogP contribution in [0.4, 0.5) is 0 Å². The first-order chi connectivity index (χ1) is 12.0. The van der Waals surface area contributed by atoms with E-state index in [4.69, 9.17) is 8.83 Å². The van der Waals surface area contributed by atoms with Gasteiger partial charge in [0.15, 0.2) is 11.8 Å². The molecule has 0 saturated carbocycles. The predicted molar refractivity (Wildman–Crippen MR) is 96.7 cm³/mol. The van der Waals surface area contributed by atoms with Crippen LogP contribution in [0.5, 0.6) is 0 Å². The van der Waals surface area contributed by atoms with E-state index in [0.717, 1.165) is 35.4 Å². The van der Waals surface area contributed by atoms with Crippen molar-refractivity contribution in [2.24, 2.45) is 0 Å². The molecule has 2 heterocycles. The van der Waals surface area contributed by atoms with Crippen LogP contribution in [0, 0.1) is 13.8 Å². The fourth-order valence-corrected chi connectivity index (χ4v) is 3.18.